The first kappa shape index (κ1) is 11.9. The van der Waals surface area contributed by atoms with Crippen LogP contribution in [-0.4, -0.2) is 30.1 Å². The lowest BCUT2D eigenvalue weighted by Gasteiger charge is -2.21. The highest BCUT2D eigenvalue weighted by atomic mass is 31.0. The summed E-state index contributed by atoms with van der Waals surface area (Å²) in [6, 6.07) is 0. The summed E-state index contributed by atoms with van der Waals surface area (Å²) in [6.45, 7) is 4.44. The fourth-order valence-corrected chi connectivity index (χ4v) is 2.16. The molecule has 0 saturated carbocycles. The molecule has 0 bridgehead atoms. The molecule has 80 valence electrons. The highest BCUT2D eigenvalue weighted by Crippen LogP contribution is 2.18. The van der Waals surface area contributed by atoms with Gasteiger partial charge in [0.05, 0.1) is 0 Å². The van der Waals surface area contributed by atoms with Gasteiger partial charge >= 0.3 is 0 Å². The average molecular weight is 213 g/mol. The van der Waals surface area contributed by atoms with E-state index in [1.165, 1.54) is 6.42 Å². The molecule has 0 N–H and O–H groups in total. The third-order valence-electron chi connectivity index (χ3n) is 2.84. The molecule has 14 heavy (non-hydrogen) atoms. The predicted octanol–water partition coefficient (Wildman–Crippen LogP) is 2.07. The van der Waals surface area contributed by atoms with E-state index in [9.17, 15) is 4.79 Å². The summed E-state index contributed by atoms with van der Waals surface area (Å²) in [5, 5.41) is 0. The van der Waals surface area contributed by atoms with Gasteiger partial charge in [-0.15, -0.1) is 9.24 Å². The molecule has 0 aliphatic heterocycles. The maximum absolute atomic E-state index is 11.0. The van der Waals surface area contributed by atoms with Gasteiger partial charge in [-0.25, -0.2) is 0 Å². The maximum Gasteiger partial charge on any atom is 0.155 e. The summed E-state index contributed by atoms with van der Waals surface area (Å²) >= 11 is 0. The maximum atomic E-state index is 11.0. The topological polar surface area (TPSA) is 20.3 Å². The van der Waals surface area contributed by atoms with Crippen LogP contribution in [0.3, 0.4) is 0 Å². The minimum atomic E-state index is 0.291. The predicted molar refractivity (Wildman–Crippen MR) is 63.3 cm³/mol. The van der Waals surface area contributed by atoms with Crippen LogP contribution in [0.5, 0.6) is 0 Å². The Bertz CT molecular complexity index is 211. The molecule has 2 atom stereocenters. The van der Waals surface area contributed by atoms with Crippen molar-refractivity contribution in [2.24, 2.45) is 5.92 Å². The minimum absolute atomic E-state index is 0.291. The molecule has 0 aromatic heterocycles. The van der Waals surface area contributed by atoms with E-state index in [1.807, 2.05) is 0 Å². The van der Waals surface area contributed by atoms with Gasteiger partial charge in [0.1, 0.15) is 0 Å². The zero-order valence-corrected chi connectivity index (χ0v) is 10.1. The third kappa shape index (κ3) is 3.89. The van der Waals surface area contributed by atoms with E-state index < -0.39 is 0 Å². The molecular weight excluding hydrogens is 193 g/mol. The van der Waals surface area contributed by atoms with Gasteiger partial charge in [0.2, 0.25) is 0 Å². The van der Waals surface area contributed by atoms with E-state index in [2.05, 4.69) is 27.1 Å². The Morgan fingerprint density at radius 1 is 1.64 bits per heavy atom. The molecule has 0 aromatic carbocycles. The first-order valence-electron chi connectivity index (χ1n) is 5.39. The van der Waals surface area contributed by atoms with Gasteiger partial charge in [-0.05, 0) is 37.9 Å². The van der Waals surface area contributed by atoms with Gasteiger partial charge in [-0.2, -0.15) is 0 Å². The number of allylic oxidation sites excluding steroid dienone is 2. The number of ketones is 1. The summed E-state index contributed by atoms with van der Waals surface area (Å²) in [6.07, 6.45) is 7.86. The van der Waals surface area contributed by atoms with Crippen molar-refractivity contribution in [3.8, 4) is 0 Å². The standard InChI is InChI=1S/C11H20NOP/c1-2-12(9-14)8-7-10-3-5-11(13)6-4-10/h3,5,10H,2,4,6-9,14H2,1H3. The van der Waals surface area contributed by atoms with Gasteiger partial charge < -0.3 is 4.90 Å². The van der Waals surface area contributed by atoms with Crippen molar-refractivity contribution in [2.75, 3.05) is 19.4 Å². The van der Waals surface area contributed by atoms with E-state index in [0.29, 0.717) is 11.7 Å². The van der Waals surface area contributed by atoms with Crippen LogP contribution in [0.15, 0.2) is 12.2 Å². The lowest BCUT2D eigenvalue weighted by molar-refractivity contribution is -0.115. The molecule has 0 aromatic rings. The van der Waals surface area contributed by atoms with Gasteiger partial charge in [-0.1, -0.05) is 13.0 Å². The number of hydrogen-bond donors (Lipinski definition) is 0. The Balaban J connectivity index is 2.24. The van der Waals surface area contributed by atoms with Crippen molar-refractivity contribution in [1.29, 1.82) is 0 Å². The van der Waals surface area contributed by atoms with Gasteiger partial charge in [0.15, 0.2) is 5.78 Å². The Hall–Kier alpha value is -0.200. The van der Waals surface area contributed by atoms with Crippen LogP contribution >= 0.6 is 9.24 Å². The van der Waals surface area contributed by atoms with Crippen LogP contribution in [0, 0.1) is 5.92 Å². The van der Waals surface area contributed by atoms with Crippen LogP contribution < -0.4 is 0 Å². The highest BCUT2D eigenvalue weighted by molar-refractivity contribution is 7.16. The lowest BCUT2D eigenvalue weighted by Crippen LogP contribution is -2.24. The van der Waals surface area contributed by atoms with E-state index in [-0.39, 0.29) is 0 Å². The summed E-state index contributed by atoms with van der Waals surface area (Å²) in [4.78, 5) is 13.4. The van der Waals surface area contributed by atoms with Crippen LogP contribution in [-0.2, 0) is 4.79 Å². The summed E-state index contributed by atoms with van der Waals surface area (Å²) in [5.41, 5.74) is 0. The van der Waals surface area contributed by atoms with E-state index in [0.717, 1.165) is 32.2 Å². The molecule has 3 heteroatoms. The zero-order valence-electron chi connectivity index (χ0n) is 8.91. The molecule has 0 fully saturated rings. The normalized spacial score (nSPS) is 21.9. The molecule has 1 aliphatic rings. The Labute approximate surface area is 88.9 Å². The first-order valence-corrected chi connectivity index (χ1v) is 6.21. The van der Waals surface area contributed by atoms with Crippen molar-refractivity contribution in [2.45, 2.75) is 26.2 Å². The van der Waals surface area contributed by atoms with E-state index >= 15 is 0 Å². The molecule has 2 nitrogen and oxygen atoms in total. The second-order valence-electron chi connectivity index (χ2n) is 3.81. The molecule has 2 unspecified atom stereocenters. The third-order valence-corrected chi connectivity index (χ3v) is 3.35. The molecule has 0 amide bonds. The Morgan fingerprint density at radius 3 is 2.93 bits per heavy atom. The summed E-state index contributed by atoms with van der Waals surface area (Å²) in [7, 11) is 2.76. The fraction of sp³-hybridized carbons (Fsp3) is 0.727. The van der Waals surface area contributed by atoms with Crippen molar-refractivity contribution in [3.63, 3.8) is 0 Å². The number of rotatable bonds is 5. The van der Waals surface area contributed by atoms with Crippen LogP contribution in [0.4, 0.5) is 0 Å². The smallest absolute Gasteiger partial charge is 0.155 e. The molecule has 1 aliphatic carbocycles. The number of carbonyl (C=O) groups is 1. The second-order valence-corrected chi connectivity index (χ2v) is 4.17. The van der Waals surface area contributed by atoms with Gasteiger partial charge in [0.25, 0.3) is 0 Å². The molecular formula is C11H20NOP. The number of carbonyl (C=O) groups excluding carboxylic acids is 1. The van der Waals surface area contributed by atoms with Crippen molar-refractivity contribution in [3.05, 3.63) is 12.2 Å². The van der Waals surface area contributed by atoms with E-state index in [4.69, 9.17) is 0 Å². The van der Waals surface area contributed by atoms with Gasteiger partial charge in [0, 0.05) is 12.7 Å². The quantitative estimate of drug-likeness (QED) is 0.651. The number of nitrogens with zero attached hydrogens (tertiary/aromatic N) is 1. The SMILES string of the molecule is CCN(CP)CCC1C=CC(=O)CC1. The van der Waals surface area contributed by atoms with Gasteiger partial charge in [-0.3, -0.25) is 4.79 Å². The molecule has 0 saturated heterocycles. The zero-order chi connectivity index (χ0) is 10.4. The Kier molecular flexibility index (Phi) is 5.36. The first-order chi connectivity index (χ1) is 6.76. The molecule has 0 radical (unpaired) electrons. The summed E-state index contributed by atoms with van der Waals surface area (Å²) in [5.74, 6) is 0.915. The largest absolute Gasteiger partial charge is 0.300 e. The highest BCUT2D eigenvalue weighted by Gasteiger charge is 2.13. The second kappa shape index (κ2) is 6.31. The molecule has 0 heterocycles. The fourth-order valence-electron chi connectivity index (χ4n) is 1.72. The van der Waals surface area contributed by atoms with Crippen molar-refractivity contribution in [1.82, 2.24) is 4.90 Å². The van der Waals surface area contributed by atoms with Crippen molar-refractivity contribution < 1.29 is 4.79 Å². The van der Waals surface area contributed by atoms with Crippen LogP contribution in [0.1, 0.15) is 26.2 Å². The van der Waals surface area contributed by atoms with Crippen molar-refractivity contribution >= 4 is 15.0 Å². The number of hydrogen-bond acceptors (Lipinski definition) is 2. The van der Waals surface area contributed by atoms with E-state index in [1.54, 1.807) is 6.08 Å². The average Bonchev–Trinajstić information content (AvgIpc) is 2.22. The molecule has 1 rings (SSSR count). The lowest BCUT2D eigenvalue weighted by atomic mass is 9.92. The molecule has 0 spiro atoms. The summed E-state index contributed by atoms with van der Waals surface area (Å²) < 4.78 is 0. The van der Waals surface area contributed by atoms with Crippen LogP contribution in [0.25, 0.3) is 0 Å². The van der Waals surface area contributed by atoms with Crippen LogP contribution in [0.2, 0.25) is 0 Å². The minimum Gasteiger partial charge on any atom is -0.300 e. The Morgan fingerprint density at radius 2 is 2.43 bits per heavy atom. The monoisotopic (exact) mass is 213 g/mol.